The predicted octanol–water partition coefficient (Wildman–Crippen LogP) is -0.0274. The largest absolute Gasteiger partial charge is 0.339 e. The predicted molar refractivity (Wildman–Crippen MR) is 76.0 cm³/mol. The minimum Gasteiger partial charge on any atom is -0.339 e. The molecular weight excluding hydrogens is 292 g/mol. The lowest BCUT2D eigenvalue weighted by Crippen LogP contribution is -2.34. The molecule has 1 aromatic heterocycles. The van der Waals surface area contributed by atoms with Gasteiger partial charge in [-0.15, -0.1) is 0 Å². The van der Waals surface area contributed by atoms with Crippen molar-refractivity contribution >= 4 is 15.9 Å². The standard InChI is InChI=1S/C13H18N4O3S/c1-16-9-11-3-6-17(7-4-12(11)21(16,19)20)13(18)10-2-5-14-15-8-10/h2,5,8,11-12H,3-4,6-7,9H2,1H3/t11-,12-/m1/s1. The van der Waals surface area contributed by atoms with Crippen LogP contribution >= 0.6 is 0 Å². The molecule has 8 heteroatoms. The molecule has 0 unspecified atom stereocenters. The molecular formula is C13H18N4O3S. The second-order valence-corrected chi connectivity index (χ2v) is 7.88. The first-order chi connectivity index (χ1) is 10.00. The lowest BCUT2D eigenvalue weighted by atomic mass is 10.0. The van der Waals surface area contributed by atoms with Crippen molar-refractivity contribution in [1.29, 1.82) is 0 Å². The lowest BCUT2D eigenvalue weighted by Gasteiger charge is -2.21. The smallest absolute Gasteiger partial charge is 0.255 e. The van der Waals surface area contributed by atoms with Gasteiger partial charge in [-0.1, -0.05) is 0 Å². The molecule has 21 heavy (non-hydrogen) atoms. The highest BCUT2D eigenvalue weighted by atomic mass is 32.2. The van der Waals surface area contributed by atoms with Gasteiger partial charge < -0.3 is 4.90 Å². The first-order valence-corrected chi connectivity index (χ1v) is 8.51. The van der Waals surface area contributed by atoms with E-state index in [0.717, 1.165) is 6.42 Å². The molecule has 2 saturated heterocycles. The number of likely N-dealkylation sites (tertiary alicyclic amines) is 1. The van der Waals surface area contributed by atoms with Crippen LogP contribution in [0.4, 0.5) is 0 Å². The molecule has 7 nitrogen and oxygen atoms in total. The van der Waals surface area contributed by atoms with Crippen LogP contribution in [0, 0.1) is 5.92 Å². The van der Waals surface area contributed by atoms with Gasteiger partial charge in [-0.2, -0.15) is 10.2 Å². The molecule has 2 aliphatic rings. The maximum Gasteiger partial charge on any atom is 0.255 e. The lowest BCUT2D eigenvalue weighted by molar-refractivity contribution is 0.0758. The first-order valence-electron chi connectivity index (χ1n) is 7.01. The topological polar surface area (TPSA) is 83.5 Å². The maximum absolute atomic E-state index is 12.4. The molecule has 114 valence electrons. The van der Waals surface area contributed by atoms with E-state index in [-0.39, 0.29) is 17.1 Å². The minimum atomic E-state index is -3.19. The number of fused-ring (bicyclic) bond motifs is 1. The first kappa shape index (κ1) is 14.4. The summed E-state index contributed by atoms with van der Waals surface area (Å²) < 4.78 is 25.9. The van der Waals surface area contributed by atoms with Crippen LogP contribution in [-0.4, -0.2) is 65.7 Å². The summed E-state index contributed by atoms with van der Waals surface area (Å²) in [7, 11) is -1.56. The third-order valence-electron chi connectivity index (χ3n) is 4.41. The van der Waals surface area contributed by atoms with E-state index >= 15 is 0 Å². The average molecular weight is 310 g/mol. The van der Waals surface area contributed by atoms with Crippen LogP contribution in [0.15, 0.2) is 18.5 Å². The van der Waals surface area contributed by atoms with Gasteiger partial charge in [0.1, 0.15) is 0 Å². The fraction of sp³-hybridized carbons (Fsp3) is 0.615. The van der Waals surface area contributed by atoms with Crippen LogP contribution in [-0.2, 0) is 10.0 Å². The van der Waals surface area contributed by atoms with Crippen molar-refractivity contribution in [2.75, 3.05) is 26.7 Å². The van der Waals surface area contributed by atoms with Crippen LogP contribution in [0.5, 0.6) is 0 Å². The van der Waals surface area contributed by atoms with Gasteiger partial charge in [-0.25, -0.2) is 12.7 Å². The SMILES string of the molecule is CN1C[C@H]2CCN(C(=O)c3ccnnc3)CC[C@H]2S1(=O)=O. The summed E-state index contributed by atoms with van der Waals surface area (Å²) in [6, 6.07) is 1.63. The zero-order valence-corrected chi connectivity index (χ0v) is 12.7. The van der Waals surface area contributed by atoms with E-state index in [2.05, 4.69) is 10.2 Å². The summed E-state index contributed by atoms with van der Waals surface area (Å²) in [6.07, 6.45) is 4.15. The molecule has 0 aliphatic carbocycles. The molecule has 1 amide bonds. The van der Waals surface area contributed by atoms with Crippen molar-refractivity contribution in [3.63, 3.8) is 0 Å². The Bertz CT molecular complexity index is 634. The Labute approximate surface area is 124 Å². The summed E-state index contributed by atoms with van der Waals surface area (Å²) in [5.74, 6) is 0.0176. The molecule has 0 saturated carbocycles. The summed E-state index contributed by atoms with van der Waals surface area (Å²) in [6.45, 7) is 1.62. The quantitative estimate of drug-likeness (QED) is 0.727. The van der Waals surface area contributed by atoms with Crippen LogP contribution in [0.3, 0.4) is 0 Å². The number of sulfonamides is 1. The van der Waals surface area contributed by atoms with Gasteiger partial charge in [-0.3, -0.25) is 4.79 Å². The molecule has 0 spiro atoms. The van der Waals surface area contributed by atoms with Crippen molar-refractivity contribution in [2.45, 2.75) is 18.1 Å². The minimum absolute atomic E-state index is 0.101. The molecule has 3 rings (SSSR count). The second-order valence-electron chi connectivity index (χ2n) is 5.62. The van der Waals surface area contributed by atoms with Gasteiger partial charge in [-0.05, 0) is 24.8 Å². The fourth-order valence-electron chi connectivity index (χ4n) is 3.21. The number of hydrogen-bond acceptors (Lipinski definition) is 5. The summed E-state index contributed by atoms with van der Waals surface area (Å²) in [5.41, 5.74) is 0.497. The van der Waals surface area contributed by atoms with Gasteiger partial charge in [0.15, 0.2) is 0 Å². The van der Waals surface area contributed by atoms with E-state index in [1.54, 1.807) is 18.0 Å². The van der Waals surface area contributed by atoms with Crippen LogP contribution < -0.4 is 0 Å². The molecule has 0 bridgehead atoms. The Morgan fingerprint density at radius 1 is 1.29 bits per heavy atom. The molecule has 1 aromatic rings. The second kappa shape index (κ2) is 5.34. The van der Waals surface area contributed by atoms with Gasteiger partial charge in [0.25, 0.3) is 5.91 Å². The molecule has 2 aliphatic heterocycles. The average Bonchev–Trinajstić information content (AvgIpc) is 2.64. The highest BCUT2D eigenvalue weighted by molar-refractivity contribution is 7.90. The number of amides is 1. The van der Waals surface area contributed by atoms with Crippen molar-refractivity contribution in [2.24, 2.45) is 5.92 Å². The monoisotopic (exact) mass is 310 g/mol. The number of carbonyl (C=O) groups is 1. The summed E-state index contributed by atoms with van der Waals surface area (Å²) in [4.78, 5) is 14.1. The van der Waals surface area contributed by atoms with E-state index < -0.39 is 10.0 Å². The van der Waals surface area contributed by atoms with Crippen molar-refractivity contribution in [3.05, 3.63) is 24.0 Å². The third kappa shape index (κ3) is 2.53. The Hall–Kier alpha value is -1.54. The molecule has 2 atom stereocenters. The number of nitrogens with zero attached hydrogens (tertiary/aromatic N) is 4. The van der Waals surface area contributed by atoms with E-state index in [1.807, 2.05) is 0 Å². The number of carbonyl (C=O) groups excluding carboxylic acids is 1. The van der Waals surface area contributed by atoms with Crippen LogP contribution in [0.25, 0.3) is 0 Å². The zero-order valence-electron chi connectivity index (χ0n) is 11.8. The van der Waals surface area contributed by atoms with Crippen molar-refractivity contribution < 1.29 is 13.2 Å². The van der Waals surface area contributed by atoms with E-state index in [4.69, 9.17) is 0 Å². The van der Waals surface area contributed by atoms with Crippen LogP contribution in [0.1, 0.15) is 23.2 Å². The molecule has 0 N–H and O–H groups in total. The third-order valence-corrected chi connectivity index (χ3v) is 6.81. The highest BCUT2D eigenvalue weighted by Gasteiger charge is 2.45. The number of rotatable bonds is 1. The fourth-order valence-corrected chi connectivity index (χ4v) is 5.18. The Balaban J connectivity index is 1.75. The number of hydrogen-bond donors (Lipinski definition) is 0. The van der Waals surface area contributed by atoms with Gasteiger partial charge in [0, 0.05) is 26.7 Å². The molecule has 3 heterocycles. The van der Waals surface area contributed by atoms with Crippen LogP contribution in [0.2, 0.25) is 0 Å². The normalized spacial score (nSPS) is 28.9. The molecule has 2 fully saturated rings. The van der Waals surface area contributed by atoms with E-state index in [1.165, 1.54) is 16.7 Å². The van der Waals surface area contributed by atoms with Gasteiger partial charge in [0.05, 0.1) is 23.2 Å². The Morgan fingerprint density at radius 3 is 2.76 bits per heavy atom. The van der Waals surface area contributed by atoms with Gasteiger partial charge >= 0.3 is 0 Å². The number of aromatic nitrogens is 2. The van der Waals surface area contributed by atoms with E-state index in [0.29, 0.717) is 31.6 Å². The van der Waals surface area contributed by atoms with Crippen molar-refractivity contribution in [3.8, 4) is 0 Å². The zero-order chi connectivity index (χ0) is 15.0. The Kier molecular flexibility index (Phi) is 3.66. The molecule has 0 aromatic carbocycles. The summed E-state index contributed by atoms with van der Waals surface area (Å²) in [5, 5.41) is 7.02. The van der Waals surface area contributed by atoms with Crippen molar-refractivity contribution in [1.82, 2.24) is 19.4 Å². The molecule has 0 radical (unpaired) electrons. The Morgan fingerprint density at radius 2 is 2.05 bits per heavy atom. The summed E-state index contributed by atoms with van der Waals surface area (Å²) >= 11 is 0. The highest BCUT2D eigenvalue weighted by Crippen LogP contribution is 2.33. The van der Waals surface area contributed by atoms with Gasteiger partial charge in [0.2, 0.25) is 10.0 Å². The maximum atomic E-state index is 12.4. The van der Waals surface area contributed by atoms with E-state index in [9.17, 15) is 13.2 Å².